The number of hydrogen-bond donors (Lipinski definition) is 1. The van der Waals surface area contributed by atoms with Crippen LogP contribution in [-0.4, -0.2) is 52.2 Å². The predicted molar refractivity (Wildman–Crippen MR) is 153 cm³/mol. The number of carbonyl (C=O) groups excluding carboxylic acids is 3. The molecule has 1 aliphatic rings. The number of aromatic nitrogens is 1. The number of hydrogen-bond acceptors (Lipinski definition) is 5. The average Bonchev–Trinajstić information content (AvgIpc) is 3.53. The van der Waals surface area contributed by atoms with Crippen molar-refractivity contribution in [3.63, 3.8) is 0 Å². The van der Waals surface area contributed by atoms with E-state index in [4.69, 9.17) is 10.5 Å². The van der Waals surface area contributed by atoms with E-state index in [9.17, 15) is 14.4 Å². The summed E-state index contributed by atoms with van der Waals surface area (Å²) >= 11 is 0. The van der Waals surface area contributed by atoms with Gasteiger partial charge in [-0.25, -0.2) is 0 Å². The molecule has 7 nitrogen and oxygen atoms in total. The van der Waals surface area contributed by atoms with Crippen molar-refractivity contribution in [1.82, 2.24) is 9.30 Å². The van der Waals surface area contributed by atoms with Crippen molar-refractivity contribution in [3.8, 4) is 0 Å². The van der Waals surface area contributed by atoms with Crippen LogP contribution in [0.1, 0.15) is 96.8 Å². The van der Waals surface area contributed by atoms with Gasteiger partial charge in [-0.2, -0.15) is 0 Å². The molecule has 7 heteroatoms. The zero-order chi connectivity index (χ0) is 28.2. The third kappa shape index (κ3) is 6.41. The summed E-state index contributed by atoms with van der Waals surface area (Å²) in [5, 5.41) is 0. The van der Waals surface area contributed by atoms with E-state index < -0.39 is 5.97 Å². The molecule has 1 aromatic carbocycles. The fourth-order valence-corrected chi connectivity index (χ4v) is 5.68. The number of benzene rings is 1. The van der Waals surface area contributed by atoms with Crippen LogP contribution in [0.3, 0.4) is 0 Å². The zero-order valence-corrected chi connectivity index (χ0v) is 23.7. The van der Waals surface area contributed by atoms with Crippen molar-refractivity contribution in [2.24, 2.45) is 5.73 Å². The molecule has 0 unspecified atom stereocenters. The molecule has 0 aliphatic heterocycles. The standard InChI is InChI=1S/C32H41N3O4/c1-5-24-19-27-20-26(31(38)35(22(2)3)21-28(36)39-4)14-18-34(27)29(24)30(37)25-12-10-23(11-13-25)9-8-17-32(33)15-6-7-16-32/h10-14,18-20,22H,5-9,15-17,21,33H2,1-4H3. The van der Waals surface area contributed by atoms with E-state index in [1.807, 2.05) is 55.5 Å². The number of nitrogens with two attached hydrogens (primary N) is 1. The van der Waals surface area contributed by atoms with Gasteiger partial charge in [-0.05, 0) is 81.7 Å². The van der Waals surface area contributed by atoms with Crippen LogP contribution in [0.25, 0.3) is 5.52 Å². The summed E-state index contributed by atoms with van der Waals surface area (Å²) in [4.78, 5) is 40.2. The van der Waals surface area contributed by atoms with E-state index in [0.717, 1.165) is 43.2 Å². The van der Waals surface area contributed by atoms with E-state index >= 15 is 0 Å². The summed E-state index contributed by atoms with van der Waals surface area (Å²) < 4.78 is 6.62. The number of esters is 1. The second-order valence-electron chi connectivity index (χ2n) is 11.1. The van der Waals surface area contributed by atoms with Crippen LogP contribution >= 0.6 is 0 Å². The molecule has 2 N–H and O–H groups in total. The lowest BCUT2D eigenvalue weighted by Gasteiger charge is -2.25. The molecular formula is C32H41N3O4. The first-order valence-corrected chi connectivity index (χ1v) is 14.1. The summed E-state index contributed by atoms with van der Waals surface area (Å²) in [5.74, 6) is -0.766. The first-order chi connectivity index (χ1) is 18.7. The van der Waals surface area contributed by atoms with Gasteiger partial charge in [0.05, 0.1) is 12.8 Å². The number of fused-ring (bicyclic) bond motifs is 1. The molecule has 39 heavy (non-hydrogen) atoms. The number of aryl methyl sites for hydroxylation is 2. The summed E-state index contributed by atoms with van der Waals surface area (Å²) in [6, 6.07) is 13.2. The van der Waals surface area contributed by atoms with Gasteiger partial charge in [0.1, 0.15) is 6.54 Å². The monoisotopic (exact) mass is 531 g/mol. The molecule has 0 saturated heterocycles. The highest BCUT2D eigenvalue weighted by molar-refractivity contribution is 6.10. The summed E-state index contributed by atoms with van der Waals surface area (Å²) in [6.07, 6.45) is 10.3. The number of carbonyl (C=O) groups is 3. The molecule has 0 spiro atoms. The lowest BCUT2D eigenvalue weighted by atomic mass is 9.91. The van der Waals surface area contributed by atoms with Crippen molar-refractivity contribution in [3.05, 3.63) is 76.6 Å². The summed E-state index contributed by atoms with van der Waals surface area (Å²) in [7, 11) is 1.31. The highest BCUT2D eigenvalue weighted by Gasteiger charge is 2.28. The Labute approximate surface area is 231 Å². The number of nitrogens with zero attached hydrogens (tertiary/aromatic N) is 2. The minimum absolute atomic E-state index is 0.0153. The lowest BCUT2D eigenvalue weighted by Crippen LogP contribution is -2.41. The molecule has 1 saturated carbocycles. The fraction of sp³-hybridized carbons (Fsp3) is 0.469. The van der Waals surface area contributed by atoms with Gasteiger partial charge in [0.15, 0.2) is 0 Å². The lowest BCUT2D eigenvalue weighted by molar-refractivity contribution is -0.141. The maximum atomic E-state index is 13.6. The number of pyridine rings is 1. The molecule has 0 radical (unpaired) electrons. The molecule has 3 aromatic rings. The second-order valence-corrected chi connectivity index (χ2v) is 11.1. The molecule has 0 atom stereocenters. The van der Waals surface area contributed by atoms with Crippen LogP contribution in [0.15, 0.2) is 48.7 Å². The molecular weight excluding hydrogens is 490 g/mol. The Kier molecular flexibility index (Phi) is 8.90. The quantitative estimate of drug-likeness (QED) is 0.266. The van der Waals surface area contributed by atoms with Crippen molar-refractivity contribution >= 4 is 23.2 Å². The number of methoxy groups -OCH3 is 1. The Hall–Kier alpha value is -3.45. The third-order valence-electron chi connectivity index (χ3n) is 8.06. The van der Waals surface area contributed by atoms with Crippen molar-refractivity contribution in [2.45, 2.75) is 83.7 Å². The zero-order valence-electron chi connectivity index (χ0n) is 23.7. The van der Waals surface area contributed by atoms with Crippen LogP contribution in [0.2, 0.25) is 0 Å². The van der Waals surface area contributed by atoms with E-state index in [-0.39, 0.29) is 29.8 Å². The molecule has 2 aromatic heterocycles. The molecule has 0 bridgehead atoms. The molecule has 2 heterocycles. The molecule has 4 rings (SSSR count). The van der Waals surface area contributed by atoms with E-state index in [1.165, 1.54) is 30.4 Å². The molecule has 1 aliphatic carbocycles. The first kappa shape index (κ1) is 28.6. The average molecular weight is 532 g/mol. The topological polar surface area (TPSA) is 94.1 Å². The SMILES string of the molecule is CCc1cc2cc(C(=O)N(CC(=O)OC)C(C)C)ccn2c1C(=O)c1ccc(CCCC2(N)CCCC2)cc1. The Morgan fingerprint density at radius 2 is 1.74 bits per heavy atom. The fourth-order valence-electron chi connectivity index (χ4n) is 5.68. The Bertz CT molecular complexity index is 1330. The van der Waals surface area contributed by atoms with E-state index in [1.54, 1.807) is 18.3 Å². The minimum Gasteiger partial charge on any atom is -0.468 e. The van der Waals surface area contributed by atoms with Gasteiger partial charge in [-0.3, -0.25) is 14.4 Å². The van der Waals surface area contributed by atoms with Gasteiger partial charge in [0, 0.05) is 34.4 Å². The largest absolute Gasteiger partial charge is 0.468 e. The number of ketones is 1. The van der Waals surface area contributed by atoms with Crippen LogP contribution in [0, 0.1) is 0 Å². The van der Waals surface area contributed by atoms with Crippen molar-refractivity contribution in [2.75, 3.05) is 13.7 Å². The molecule has 208 valence electrons. The normalized spacial score (nSPS) is 14.6. The van der Waals surface area contributed by atoms with Crippen LogP contribution < -0.4 is 5.73 Å². The number of ether oxygens (including phenoxy) is 1. The Balaban J connectivity index is 1.52. The van der Waals surface area contributed by atoms with Gasteiger partial charge in [0.2, 0.25) is 5.78 Å². The van der Waals surface area contributed by atoms with Gasteiger partial charge in [0.25, 0.3) is 5.91 Å². The van der Waals surface area contributed by atoms with Crippen LogP contribution in [0.4, 0.5) is 0 Å². The first-order valence-electron chi connectivity index (χ1n) is 14.1. The minimum atomic E-state index is -0.468. The maximum absolute atomic E-state index is 13.6. The molecule has 1 amide bonds. The van der Waals surface area contributed by atoms with Crippen LogP contribution in [-0.2, 0) is 22.4 Å². The van der Waals surface area contributed by atoms with Gasteiger partial charge >= 0.3 is 5.97 Å². The summed E-state index contributed by atoms with van der Waals surface area (Å²) in [6.45, 7) is 5.62. The Morgan fingerprint density at radius 3 is 2.36 bits per heavy atom. The van der Waals surface area contributed by atoms with Crippen molar-refractivity contribution < 1.29 is 19.1 Å². The van der Waals surface area contributed by atoms with E-state index in [2.05, 4.69) is 0 Å². The second kappa shape index (κ2) is 12.2. The highest BCUT2D eigenvalue weighted by atomic mass is 16.5. The van der Waals surface area contributed by atoms with Gasteiger partial charge in [-0.15, -0.1) is 0 Å². The van der Waals surface area contributed by atoms with Crippen molar-refractivity contribution in [1.29, 1.82) is 0 Å². The predicted octanol–water partition coefficient (Wildman–Crippen LogP) is 5.35. The highest BCUT2D eigenvalue weighted by Crippen LogP contribution is 2.31. The molecule has 1 fully saturated rings. The van der Waals surface area contributed by atoms with E-state index in [0.29, 0.717) is 23.2 Å². The summed E-state index contributed by atoms with van der Waals surface area (Å²) in [5.41, 5.74) is 11.1. The smallest absolute Gasteiger partial charge is 0.325 e. The maximum Gasteiger partial charge on any atom is 0.325 e. The van der Waals surface area contributed by atoms with Gasteiger partial charge < -0.3 is 19.8 Å². The number of amides is 1. The van der Waals surface area contributed by atoms with Crippen LogP contribution in [0.5, 0.6) is 0 Å². The van der Waals surface area contributed by atoms with Gasteiger partial charge in [-0.1, -0.05) is 44.0 Å². The Morgan fingerprint density at radius 1 is 1.05 bits per heavy atom. The third-order valence-corrected chi connectivity index (χ3v) is 8.06. The number of rotatable bonds is 11.